The molecule has 0 bridgehead atoms. The summed E-state index contributed by atoms with van der Waals surface area (Å²) in [6.07, 6.45) is 0.210. The Morgan fingerprint density at radius 2 is 1.50 bits per heavy atom. The zero-order valence-electron chi connectivity index (χ0n) is 20.5. The SMILES string of the molecule is N#Cc1cccc(OCCOc2ccc(C[C@H](Nc3ccccc3C(=O)c3ccccc3)C(=O)O)cc2)c1. The number of carboxylic acids is 1. The first-order valence-corrected chi connectivity index (χ1v) is 12.1. The fourth-order valence-corrected chi connectivity index (χ4v) is 3.87. The van der Waals surface area contributed by atoms with Crippen LogP contribution in [-0.4, -0.2) is 36.1 Å². The van der Waals surface area contributed by atoms with Gasteiger partial charge in [-0.25, -0.2) is 4.79 Å². The summed E-state index contributed by atoms with van der Waals surface area (Å²) in [5, 5.41) is 21.9. The maximum Gasteiger partial charge on any atom is 0.326 e. The lowest BCUT2D eigenvalue weighted by atomic mass is 10.00. The van der Waals surface area contributed by atoms with Gasteiger partial charge in [-0.2, -0.15) is 5.26 Å². The van der Waals surface area contributed by atoms with Crippen LogP contribution >= 0.6 is 0 Å². The molecular formula is C31H26N2O5. The number of rotatable bonds is 12. The summed E-state index contributed by atoms with van der Waals surface area (Å²) in [5.74, 6) is 0.0232. The molecule has 38 heavy (non-hydrogen) atoms. The fraction of sp³-hybridized carbons (Fsp3) is 0.129. The molecule has 4 rings (SSSR count). The molecule has 0 spiro atoms. The van der Waals surface area contributed by atoms with Crippen molar-refractivity contribution in [1.82, 2.24) is 0 Å². The minimum Gasteiger partial charge on any atom is -0.490 e. The second-order valence-electron chi connectivity index (χ2n) is 8.46. The maximum atomic E-state index is 13.0. The molecule has 0 fully saturated rings. The lowest BCUT2D eigenvalue weighted by Crippen LogP contribution is -2.32. The second kappa shape index (κ2) is 12.7. The van der Waals surface area contributed by atoms with E-state index in [1.54, 1.807) is 84.9 Å². The van der Waals surface area contributed by atoms with E-state index in [0.29, 0.717) is 47.1 Å². The number of hydrogen-bond acceptors (Lipinski definition) is 6. The zero-order chi connectivity index (χ0) is 26.7. The van der Waals surface area contributed by atoms with E-state index in [-0.39, 0.29) is 12.2 Å². The van der Waals surface area contributed by atoms with E-state index in [4.69, 9.17) is 14.7 Å². The highest BCUT2D eigenvalue weighted by Crippen LogP contribution is 2.22. The quantitative estimate of drug-likeness (QED) is 0.197. The molecule has 0 saturated carbocycles. The van der Waals surface area contributed by atoms with Crippen molar-refractivity contribution in [2.75, 3.05) is 18.5 Å². The Morgan fingerprint density at radius 1 is 0.816 bits per heavy atom. The summed E-state index contributed by atoms with van der Waals surface area (Å²) in [6.45, 7) is 0.615. The number of nitriles is 1. The van der Waals surface area contributed by atoms with E-state index in [0.717, 1.165) is 5.56 Å². The van der Waals surface area contributed by atoms with E-state index in [2.05, 4.69) is 11.4 Å². The molecule has 0 heterocycles. The third-order valence-electron chi connectivity index (χ3n) is 5.78. The first kappa shape index (κ1) is 26.0. The van der Waals surface area contributed by atoms with Gasteiger partial charge in [-0.3, -0.25) is 4.79 Å². The molecule has 4 aromatic rings. The van der Waals surface area contributed by atoms with Crippen molar-refractivity contribution < 1.29 is 24.2 Å². The number of carbonyl (C=O) groups is 2. The van der Waals surface area contributed by atoms with Crippen LogP contribution < -0.4 is 14.8 Å². The van der Waals surface area contributed by atoms with Gasteiger partial charge in [-0.1, -0.05) is 60.7 Å². The minimum absolute atomic E-state index is 0.180. The number of benzene rings is 4. The summed E-state index contributed by atoms with van der Waals surface area (Å²) in [6, 6.07) is 31.0. The van der Waals surface area contributed by atoms with Crippen molar-refractivity contribution in [2.45, 2.75) is 12.5 Å². The van der Waals surface area contributed by atoms with Crippen molar-refractivity contribution in [3.63, 3.8) is 0 Å². The van der Waals surface area contributed by atoms with E-state index in [9.17, 15) is 14.7 Å². The highest BCUT2D eigenvalue weighted by atomic mass is 16.5. The Kier molecular flexibility index (Phi) is 8.72. The molecule has 0 unspecified atom stereocenters. The Hall–Kier alpha value is -5.09. The minimum atomic E-state index is -1.02. The molecule has 0 saturated heterocycles. The molecule has 7 heteroatoms. The van der Waals surface area contributed by atoms with Gasteiger partial charge >= 0.3 is 5.97 Å². The molecule has 0 aliphatic heterocycles. The Balaban J connectivity index is 1.35. The number of carboxylic acid groups (broad SMARTS) is 1. The van der Waals surface area contributed by atoms with Gasteiger partial charge in [0.1, 0.15) is 30.8 Å². The van der Waals surface area contributed by atoms with Crippen LogP contribution in [0.2, 0.25) is 0 Å². The molecule has 7 nitrogen and oxygen atoms in total. The van der Waals surface area contributed by atoms with Gasteiger partial charge in [0.25, 0.3) is 0 Å². The molecule has 4 aromatic carbocycles. The predicted molar refractivity (Wildman–Crippen MR) is 144 cm³/mol. The third kappa shape index (κ3) is 6.99. The summed E-state index contributed by atoms with van der Waals surface area (Å²) in [4.78, 5) is 25.1. The molecule has 0 radical (unpaired) electrons. The Bertz CT molecular complexity index is 1430. The first-order chi connectivity index (χ1) is 18.5. The van der Waals surface area contributed by atoms with Crippen LogP contribution in [0.3, 0.4) is 0 Å². The fourth-order valence-electron chi connectivity index (χ4n) is 3.87. The molecule has 0 aliphatic rings. The number of ether oxygens (including phenoxy) is 2. The number of aliphatic carboxylic acids is 1. The molecule has 2 N–H and O–H groups in total. The first-order valence-electron chi connectivity index (χ1n) is 12.1. The van der Waals surface area contributed by atoms with Crippen molar-refractivity contribution in [2.24, 2.45) is 0 Å². The van der Waals surface area contributed by atoms with Gasteiger partial charge in [0, 0.05) is 23.2 Å². The largest absolute Gasteiger partial charge is 0.490 e. The summed E-state index contributed by atoms with van der Waals surface area (Å²) in [7, 11) is 0. The molecule has 190 valence electrons. The van der Waals surface area contributed by atoms with Crippen LogP contribution in [-0.2, 0) is 11.2 Å². The topological polar surface area (TPSA) is 109 Å². The maximum absolute atomic E-state index is 13.0. The van der Waals surface area contributed by atoms with Crippen LogP contribution in [0.15, 0.2) is 103 Å². The predicted octanol–water partition coefficient (Wildman–Crippen LogP) is 5.35. The van der Waals surface area contributed by atoms with Gasteiger partial charge in [0.2, 0.25) is 0 Å². The smallest absolute Gasteiger partial charge is 0.326 e. The second-order valence-corrected chi connectivity index (χ2v) is 8.46. The lowest BCUT2D eigenvalue weighted by molar-refractivity contribution is -0.137. The highest BCUT2D eigenvalue weighted by molar-refractivity contribution is 6.12. The molecular weight excluding hydrogens is 480 g/mol. The summed E-state index contributed by atoms with van der Waals surface area (Å²) < 4.78 is 11.3. The van der Waals surface area contributed by atoms with Crippen LogP contribution in [0.5, 0.6) is 11.5 Å². The van der Waals surface area contributed by atoms with Gasteiger partial charge in [0.05, 0.1) is 11.6 Å². The molecule has 0 aliphatic carbocycles. The zero-order valence-corrected chi connectivity index (χ0v) is 20.5. The average molecular weight is 507 g/mol. The Labute approximate surface area is 220 Å². The van der Waals surface area contributed by atoms with E-state index in [1.807, 2.05) is 18.2 Å². The van der Waals surface area contributed by atoms with Crippen LogP contribution in [0.1, 0.15) is 27.0 Å². The number of hydrogen-bond donors (Lipinski definition) is 2. The number of para-hydroxylation sites is 1. The molecule has 0 amide bonds. The Morgan fingerprint density at radius 3 is 2.21 bits per heavy atom. The van der Waals surface area contributed by atoms with Crippen molar-refractivity contribution in [1.29, 1.82) is 5.26 Å². The highest BCUT2D eigenvalue weighted by Gasteiger charge is 2.21. The van der Waals surface area contributed by atoms with Gasteiger partial charge in [-0.05, 0) is 48.0 Å². The monoisotopic (exact) mass is 506 g/mol. The van der Waals surface area contributed by atoms with Crippen molar-refractivity contribution >= 4 is 17.4 Å². The van der Waals surface area contributed by atoms with E-state index < -0.39 is 12.0 Å². The molecule has 1 atom stereocenters. The standard InChI is InChI=1S/C31H26N2O5/c32-21-23-7-6-10-26(19-23)38-18-17-37-25-15-13-22(14-16-25)20-29(31(35)36)33-28-12-5-4-11-27(28)30(34)24-8-2-1-3-9-24/h1-16,19,29,33H,17-18,20H2,(H,35,36)/t29-/m0/s1. The summed E-state index contributed by atoms with van der Waals surface area (Å²) >= 11 is 0. The van der Waals surface area contributed by atoms with Crippen LogP contribution in [0, 0.1) is 11.3 Å². The number of ketones is 1. The molecule has 0 aromatic heterocycles. The van der Waals surface area contributed by atoms with E-state index in [1.165, 1.54) is 0 Å². The number of carbonyl (C=O) groups excluding carboxylic acids is 1. The third-order valence-corrected chi connectivity index (χ3v) is 5.78. The van der Waals surface area contributed by atoms with Gasteiger partial charge in [-0.15, -0.1) is 0 Å². The van der Waals surface area contributed by atoms with Crippen molar-refractivity contribution in [3.05, 3.63) is 125 Å². The van der Waals surface area contributed by atoms with E-state index >= 15 is 0 Å². The van der Waals surface area contributed by atoms with Gasteiger partial charge < -0.3 is 19.9 Å². The van der Waals surface area contributed by atoms with Crippen LogP contribution in [0.4, 0.5) is 5.69 Å². The van der Waals surface area contributed by atoms with Gasteiger partial charge in [0.15, 0.2) is 5.78 Å². The lowest BCUT2D eigenvalue weighted by Gasteiger charge is -2.18. The summed E-state index contributed by atoms with van der Waals surface area (Å²) in [5.41, 5.74) is 2.74. The average Bonchev–Trinajstić information content (AvgIpc) is 2.96. The number of nitrogens with one attached hydrogen (secondary N) is 1. The van der Waals surface area contributed by atoms with Crippen molar-refractivity contribution in [3.8, 4) is 17.6 Å². The normalized spacial score (nSPS) is 11.1. The van der Waals surface area contributed by atoms with Crippen LogP contribution in [0.25, 0.3) is 0 Å². The number of nitrogens with zero attached hydrogens (tertiary/aromatic N) is 1. The number of anilines is 1.